The molecule has 4 N–H and O–H groups in total. The lowest BCUT2D eigenvalue weighted by Gasteiger charge is -2.12. The number of hydrogen-bond acceptors (Lipinski definition) is 5. The van der Waals surface area contributed by atoms with Gasteiger partial charge in [0.2, 0.25) is 0 Å². The first-order valence-electron chi connectivity index (χ1n) is 9.26. The van der Waals surface area contributed by atoms with Gasteiger partial charge in [-0.25, -0.2) is 0 Å². The molecular weight excluding hydrogens is 402 g/mol. The molecule has 0 saturated carbocycles. The highest BCUT2D eigenvalue weighted by Gasteiger charge is 2.16. The quantitative estimate of drug-likeness (QED) is 0.357. The van der Waals surface area contributed by atoms with Crippen LogP contribution in [0.15, 0.2) is 36.5 Å². The Balaban J connectivity index is 0.000000806. The molecule has 0 radical (unpaired) electrons. The van der Waals surface area contributed by atoms with Crippen LogP contribution in [0.5, 0.6) is 11.5 Å². The van der Waals surface area contributed by atoms with Gasteiger partial charge >= 0.3 is 6.15 Å². The Labute approximate surface area is 177 Å². The Bertz CT molecular complexity index is 1320. The van der Waals surface area contributed by atoms with Crippen LogP contribution in [0.1, 0.15) is 23.7 Å². The standard InChI is InChI=1S/C21H21N3O2S.CO2/c1-4-13-7-16(20(26)9-19(13)25)18-10-22-21(27)24(18)14-5-6-17-15(8-14)11(2)12(3)23-17;2-1-3/h5-10,23,25-26H,4H2,1-3H3,(H,22,27);. The fraction of sp³-hybridized carbons (Fsp3) is 0.182. The van der Waals surface area contributed by atoms with Crippen molar-refractivity contribution in [2.24, 2.45) is 0 Å². The van der Waals surface area contributed by atoms with Crippen molar-refractivity contribution in [2.75, 3.05) is 0 Å². The van der Waals surface area contributed by atoms with Crippen molar-refractivity contribution in [2.45, 2.75) is 27.2 Å². The second-order valence-corrected chi connectivity index (χ2v) is 7.24. The van der Waals surface area contributed by atoms with Crippen molar-refractivity contribution in [3.05, 3.63) is 58.1 Å². The molecular formula is C22H21N3O4S. The first-order chi connectivity index (χ1) is 14.3. The molecule has 8 heteroatoms. The minimum absolute atomic E-state index is 0.0159. The van der Waals surface area contributed by atoms with Gasteiger partial charge in [-0.1, -0.05) is 6.92 Å². The van der Waals surface area contributed by atoms with Crippen LogP contribution in [0.2, 0.25) is 0 Å². The van der Waals surface area contributed by atoms with Crippen molar-refractivity contribution >= 4 is 29.3 Å². The first-order valence-corrected chi connectivity index (χ1v) is 9.67. The number of carbonyl (C=O) groups excluding carboxylic acids is 2. The largest absolute Gasteiger partial charge is 0.508 e. The van der Waals surface area contributed by atoms with E-state index in [1.165, 1.54) is 11.6 Å². The summed E-state index contributed by atoms with van der Waals surface area (Å²) in [4.78, 5) is 22.7. The van der Waals surface area contributed by atoms with E-state index in [1.54, 1.807) is 6.20 Å². The molecule has 0 spiro atoms. The number of phenolic OH excluding ortho intramolecular Hbond substituents is 2. The van der Waals surface area contributed by atoms with Crippen LogP contribution in [-0.2, 0) is 16.0 Å². The zero-order chi connectivity index (χ0) is 22.0. The van der Waals surface area contributed by atoms with Gasteiger partial charge < -0.3 is 20.2 Å². The highest BCUT2D eigenvalue weighted by Crippen LogP contribution is 2.36. The minimum atomic E-state index is 0.0159. The minimum Gasteiger partial charge on any atom is -0.508 e. The van der Waals surface area contributed by atoms with Gasteiger partial charge in [0.05, 0.1) is 5.69 Å². The number of imidazole rings is 1. The number of nitrogens with one attached hydrogen (secondary N) is 2. The Hall–Kier alpha value is -3.61. The molecule has 2 aromatic heterocycles. The summed E-state index contributed by atoms with van der Waals surface area (Å²) in [5.41, 5.74) is 6.49. The number of nitrogens with zero attached hydrogens (tertiary/aromatic N) is 1. The molecule has 0 aliphatic carbocycles. The monoisotopic (exact) mass is 423 g/mol. The van der Waals surface area contributed by atoms with Crippen LogP contribution in [0.4, 0.5) is 0 Å². The molecule has 0 amide bonds. The normalized spacial score (nSPS) is 10.5. The number of benzene rings is 2. The molecule has 0 fully saturated rings. The van der Waals surface area contributed by atoms with E-state index in [4.69, 9.17) is 21.8 Å². The topological polar surface area (TPSA) is 111 Å². The van der Waals surface area contributed by atoms with Gasteiger partial charge in [0.1, 0.15) is 11.5 Å². The Kier molecular flexibility index (Phi) is 5.91. The van der Waals surface area contributed by atoms with Gasteiger partial charge in [0.25, 0.3) is 0 Å². The van der Waals surface area contributed by atoms with Crippen LogP contribution >= 0.6 is 12.2 Å². The van der Waals surface area contributed by atoms with E-state index in [1.807, 2.05) is 29.7 Å². The maximum Gasteiger partial charge on any atom is 0.373 e. The number of aromatic amines is 2. The Morgan fingerprint density at radius 1 is 1.10 bits per heavy atom. The van der Waals surface area contributed by atoms with Crippen LogP contribution in [0.3, 0.4) is 0 Å². The van der Waals surface area contributed by atoms with E-state index in [-0.39, 0.29) is 17.7 Å². The third kappa shape index (κ3) is 3.66. The lowest BCUT2D eigenvalue weighted by Crippen LogP contribution is -1.98. The van der Waals surface area contributed by atoms with Crippen LogP contribution in [-0.4, -0.2) is 30.9 Å². The number of phenols is 2. The van der Waals surface area contributed by atoms with Crippen LogP contribution in [0.25, 0.3) is 27.8 Å². The molecule has 0 atom stereocenters. The summed E-state index contributed by atoms with van der Waals surface area (Å²) < 4.78 is 2.45. The number of aryl methyl sites for hydroxylation is 3. The van der Waals surface area contributed by atoms with E-state index in [0.29, 0.717) is 16.8 Å². The number of rotatable bonds is 3. The zero-order valence-corrected chi connectivity index (χ0v) is 17.6. The van der Waals surface area contributed by atoms with Crippen molar-refractivity contribution in [1.29, 1.82) is 0 Å². The van der Waals surface area contributed by atoms with Crippen LogP contribution < -0.4 is 0 Å². The third-order valence-electron chi connectivity index (χ3n) is 5.18. The maximum atomic E-state index is 10.4. The molecule has 0 aliphatic heterocycles. The molecule has 0 aliphatic rings. The van der Waals surface area contributed by atoms with Gasteiger partial charge in [0.15, 0.2) is 4.77 Å². The molecule has 0 saturated heterocycles. The molecule has 7 nitrogen and oxygen atoms in total. The fourth-order valence-corrected chi connectivity index (χ4v) is 3.78. The van der Waals surface area contributed by atoms with E-state index in [2.05, 4.69) is 29.9 Å². The average Bonchev–Trinajstić information content (AvgIpc) is 3.22. The van der Waals surface area contributed by atoms with Crippen molar-refractivity contribution < 1.29 is 19.8 Å². The van der Waals surface area contributed by atoms with Gasteiger partial charge in [0, 0.05) is 40.1 Å². The van der Waals surface area contributed by atoms with Gasteiger partial charge in [-0.15, -0.1) is 0 Å². The molecule has 4 rings (SSSR count). The zero-order valence-electron chi connectivity index (χ0n) is 16.7. The summed E-state index contributed by atoms with van der Waals surface area (Å²) in [6.07, 6.45) is 2.70. The predicted octanol–water partition coefficient (Wildman–Crippen LogP) is 4.69. The molecule has 0 unspecified atom stereocenters. The van der Waals surface area contributed by atoms with E-state index in [9.17, 15) is 10.2 Å². The number of aromatic hydroxyl groups is 2. The van der Waals surface area contributed by atoms with Crippen molar-refractivity contribution in [3.8, 4) is 28.4 Å². The average molecular weight is 423 g/mol. The van der Waals surface area contributed by atoms with E-state index in [0.717, 1.165) is 33.5 Å². The first kappa shape index (κ1) is 21.1. The Morgan fingerprint density at radius 2 is 1.80 bits per heavy atom. The van der Waals surface area contributed by atoms with Crippen molar-refractivity contribution in [1.82, 2.24) is 14.5 Å². The molecule has 154 valence electrons. The second-order valence-electron chi connectivity index (χ2n) is 6.85. The molecule has 2 heterocycles. The smallest absolute Gasteiger partial charge is 0.373 e. The van der Waals surface area contributed by atoms with Gasteiger partial charge in [-0.3, -0.25) is 4.57 Å². The summed E-state index contributed by atoms with van der Waals surface area (Å²) in [5, 5.41) is 21.6. The number of aromatic nitrogens is 3. The lowest BCUT2D eigenvalue weighted by atomic mass is 10.0. The van der Waals surface area contributed by atoms with Gasteiger partial charge in [-0.2, -0.15) is 9.59 Å². The molecule has 4 aromatic rings. The third-order valence-corrected chi connectivity index (χ3v) is 5.48. The Morgan fingerprint density at radius 3 is 2.47 bits per heavy atom. The lowest BCUT2D eigenvalue weighted by molar-refractivity contribution is -0.191. The van der Waals surface area contributed by atoms with E-state index < -0.39 is 0 Å². The molecule has 0 bridgehead atoms. The predicted molar refractivity (Wildman–Crippen MR) is 115 cm³/mol. The number of fused-ring (bicyclic) bond motifs is 1. The SMILES string of the molecule is CCc1cc(-c2c[nH]c(=S)n2-c2ccc3[nH]c(C)c(C)c3c2)c(O)cc1O.O=C=O. The molecule has 30 heavy (non-hydrogen) atoms. The van der Waals surface area contributed by atoms with E-state index >= 15 is 0 Å². The van der Waals surface area contributed by atoms with Gasteiger partial charge in [-0.05, 0) is 67.9 Å². The number of H-pyrrole nitrogens is 2. The summed E-state index contributed by atoms with van der Waals surface area (Å²) >= 11 is 5.51. The maximum absolute atomic E-state index is 10.4. The highest BCUT2D eigenvalue weighted by atomic mass is 32.1. The van der Waals surface area contributed by atoms with Crippen LogP contribution in [0, 0.1) is 18.6 Å². The summed E-state index contributed by atoms with van der Waals surface area (Å²) in [6.45, 7) is 6.11. The summed E-state index contributed by atoms with van der Waals surface area (Å²) in [7, 11) is 0. The summed E-state index contributed by atoms with van der Waals surface area (Å²) in [5.74, 6) is 0.112. The highest BCUT2D eigenvalue weighted by molar-refractivity contribution is 7.71. The number of hydrogen-bond donors (Lipinski definition) is 4. The summed E-state index contributed by atoms with van der Waals surface area (Å²) in [6, 6.07) is 9.33. The second kappa shape index (κ2) is 8.41. The fourth-order valence-electron chi connectivity index (χ4n) is 3.52. The van der Waals surface area contributed by atoms with Crippen molar-refractivity contribution in [3.63, 3.8) is 0 Å². The molecule has 2 aromatic carbocycles.